The summed E-state index contributed by atoms with van der Waals surface area (Å²) in [5.74, 6) is 1.96. The fraction of sp³-hybridized carbons (Fsp3) is 0.455. The summed E-state index contributed by atoms with van der Waals surface area (Å²) in [6, 6.07) is 30.1. The molecule has 4 aromatic rings. The van der Waals surface area contributed by atoms with Crippen LogP contribution >= 0.6 is 0 Å². The standard InChI is InChI=1S/C44H64N2O2Si2/c1-29(2)49(30(3)4,31(5)6)47-43-27-41(45-37-21-17-15-18-22-37)39(25-35(43)13)40-26-36(14)44(28-42(40)46-38-23-19-16-20-24-38)48-50(32(7)8,33(9)10)34(11)12/h15-34,45-46H,1-14H3. The van der Waals surface area contributed by atoms with Gasteiger partial charge in [-0.15, -0.1) is 0 Å². The van der Waals surface area contributed by atoms with Crippen molar-refractivity contribution in [3.05, 3.63) is 96.1 Å². The summed E-state index contributed by atoms with van der Waals surface area (Å²) in [5.41, 5.74) is 11.5. The smallest absolute Gasteiger partial charge is 0.258 e. The Morgan fingerprint density at radius 2 is 0.700 bits per heavy atom. The van der Waals surface area contributed by atoms with Gasteiger partial charge in [-0.2, -0.15) is 0 Å². The molecule has 0 spiro atoms. The lowest BCUT2D eigenvalue weighted by molar-refractivity contribution is 0.477. The molecule has 0 amide bonds. The molecule has 0 saturated heterocycles. The van der Waals surface area contributed by atoms with Gasteiger partial charge in [0.2, 0.25) is 0 Å². The highest BCUT2D eigenvalue weighted by Gasteiger charge is 2.48. The Morgan fingerprint density at radius 1 is 0.420 bits per heavy atom. The molecule has 2 N–H and O–H groups in total. The van der Waals surface area contributed by atoms with Crippen molar-refractivity contribution in [3.8, 4) is 22.6 Å². The third kappa shape index (κ3) is 8.02. The molecule has 6 heteroatoms. The first kappa shape index (κ1) is 39.3. The lowest BCUT2D eigenvalue weighted by Crippen LogP contribution is -2.50. The molecule has 0 fully saturated rings. The number of rotatable bonds is 15. The number of aryl methyl sites for hydroxylation is 2. The average Bonchev–Trinajstić information content (AvgIpc) is 3.04. The van der Waals surface area contributed by atoms with E-state index in [-0.39, 0.29) is 0 Å². The Morgan fingerprint density at radius 3 is 0.960 bits per heavy atom. The molecule has 0 aliphatic carbocycles. The molecule has 4 nitrogen and oxygen atoms in total. The van der Waals surface area contributed by atoms with Gasteiger partial charge >= 0.3 is 0 Å². The zero-order valence-electron chi connectivity index (χ0n) is 33.4. The van der Waals surface area contributed by atoms with Crippen molar-refractivity contribution >= 4 is 39.4 Å². The van der Waals surface area contributed by atoms with Crippen LogP contribution in [0.5, 0.6) is 11.5 Å². The highest BCUT2D eigenvalue weighted by Crippen LogP contribution is 2.49. The number of hydrogen-bond acceptors (Lipinski definition) is 4. The van der Waals surface area contributed by atoms with Crippen LogP contribution in [0, 0.1) is 13.8 Å². The molecule has 0 heterocycles. The summed E-state index contributed by atoms with van der Waals surface area (Å²) in [7, 11) is -4.39. The van der Waals surface area contributed by atoms with Gasteiger partial charge < -0.3 is 19.5 Å². The summed E-state index contributed by atoms with van der Waals surface area (Å²) in [6.07, 6.45) is 0. The van der Waals surface area contributed by atoms with Gasteiger partial charge in [0.05, 0.1) is 11.4 Å². The van der Waals surface area contributed by atoms with E-state index < -0.39 is 16.6 Å². The van der Waals surface area contributed by atoms with Gasteiger partial charge in [0.25, 0.3) is 16.6 Å². The molecule has 4 aromatic carbocycles. The summed E-state index contributed by atoms with van der Waals surface area (Å²) >= 11 is 0. The molecule has 4 rings (SSSR count). The maximum atomic E-state index is 7.35. The van der Waals surface area contributed by atoms with E-state index in [1.165, 1.54) is 0 Å². The van der Waals surface area contributed by atoms with Crippen molar-refractivity contribution in [2.24, 2.45) is 0 Å². The van der Waals surface area contributed by atoms with Crippen LogP contribution in [0.3, 0.4) is 0 Å². The van der Waals surface area contributed by atoms with Gasteiger partial charge in [-0.25, -0.2) is 0 Å². The SMILES string of the molecule is Cc1cc(-c2cc(C)c(O[Si](C(C)C)(C(C)C)C(C)C)cc2Nc2ccccc2)c(Nc2ccccc2)cc1O[Si](C(C)C)(C(C)C)C(C)C. The van der Waals surface area contributed by atoms with E-state index in [0.29, 0.717) is 33.2 Å². The average molecular weight is 709 g/mol. The zero-order chi connectivity index (χ0) is 37.0. The maximum absolute atomic E-state index is 7.35. The van der Waals surface area contributed by atoms with Crippen LogP contribution in [-0.4, -0.2) is 16.6 Å². The van der Waals surface area contributed by atoms with Crippen LogP contribution < -0.4 is 19.5 Å². The van der Waals surface area contributed by atoms with Gasteiger partial charge in [-0.3, -0.25) is 0 Å². The molecular weight excluding hydrogens is 645 g/mol. The molecule has 0 bridgehead atoms. The van der Waals surface area contributed by atoms with Crippen molar-refractivity contribution in [3.63, 3.8) is 0 Å². The lowest BCUT2D eigenvalue weighted by Gasteiger charge is -2.43. The van der Waals surface area contributed by atoms with Crippen LogP contribution in [0.1, 0.15) is 94.2 Å². The predicted molar refractivity (Wildman–Crippen MR) is 224 cm³/mol. The second-order valence-electron chi connectivity index (χ2n) is 16.1. The number of benzene rings is 4. The third-order valence-corrected chi connectivity index (χ3v) is 23.0. The van der Waals surface area contributed by atoms with Crippen LogP contribution in [0.25, 0.3) is 11.1 Å². The van der Waals surface area contributed by atoms with Gasteiger partial charge in [-0.1, -0.05) is 119 Å². The van der Waals surface area contributed by atoms with Gasteiger partial charge in [0.15, 0.2) is 0 Å². The summed E-state index contributed by atoms with van der Waals surface area (Å²) in [6.45, 7) is 32.6. The molecule has 0 aliphatic rings. The quantitative estimate of drug-likeness (QED) is 0.121. The summed E-state index contributed by atoms with van der Waals surface area (Å²) in [4.78, 5) is 0. The normalized spacial score (nSPS) is 12.5. The fourth-order valence-corrected chi connectivity index (χ4v) is 19.3. The van der Waals surface area contributed by atoms with E-state index in [0.717, 1.165) is 56.5 Å². The second-order valence-corrected chi connectivity index (χ2v) is 26.9. The fourth-order valence-electron chi connectivity index (χ4n) is 8.69. The number of nitrogens with one attached hydrogen (secondary N) is 2. The number of hydrogen-bond donors (Lipinski definition) is 2. The van der Waals surface area contributed by atoms with Crippen molar-refractivity contribution in [1.82, 2.24) is 0 Å². The van der Waals surface area contributed by atoms with Crippen LogP contribution in [-0.2, 0) is 0 Å². The van der Waals surface area contributed by atoms with Crippen LogP contribution in [0.4, 0.5) is 22.7 Å². The minimum absolute atomic E-state index is 0.474. The Bertz CT molecular complexity index is 1530. The minimum Gasteiger partial charge on any atom is -0.542 e. The van der Waals surface area contributed by atoms with E-state index in [9.17, 15) is 0 Å². The van der Waals surface area contributed by atoms with Gasteiger partial charge in [0, 0.05) is 34.6 Å². The Labute approximate surface area is 306 Å². The largest absolute Gasteiger partial charge is 0.542 e. The molecule has 0 saturated carbocycles. The van der Waals surface area contributed by atoms with Gasteiger partial charge in [0.1, 0.15) is 11.5 Å². The molecule has 0 unspecified atom stereocenters. The van der Waals surface area contributed by atoms with E-state index in [4.69, 9.17) is 8.85 Å². The monoisotopic (exact) mass is 708 g/mol. The molecule has 0 radical (unpaired) electrons. The van der Waals surface area contributed by atoms with E-state index in [1.807, 2.05) is 0 Å². The summed E-state index contributed by atoms with van der Waals surface area (Å²) < 4.78 is 14.7. The number of para-hydroxylation sites is 2. The maximum Gasteiger partial charge on any atom is 0.258 e. The first-order valence-electron chi connectivity index (χ1n) is 18.9. The minimum atomic E-state index is -2.19. The second kappa shape index (κ2) is 16.2. The Kier molecular flexibility index (Phi) is 12.8. The first-order chi connectivity index (χ1) is 23.5. The molecular formula is C44H64N2O2Si2. The van der Waals surface area contributed by atoms with Crippen molar-refractivity contribution in [1.29, 1.82) is 0 Å². The van der Waals surface area contributed by atoms with E-state index in [2.05, 4.69) is 192 Å². The van der Waals surface area contributed by atoms with E-state index >= 15 is 0 Å². The number of anilines is 4. The molecule has 270 valence electrons. The first-order valence-corrected chi connectivity index (χ1v) is 23.1. The third-order valence-electron chi connectivity index (χ3n) is 11.0. The van der Waals surface area contributed by atoms with Crippen LogP contribution in [0.15, 0.2) is 84.9 Å². The van der Waals surface area contributed by atoms with Crippen molar-refractivity contribution in [2.75, 3.05) is 10.6 Å². The van der Waals surface area contributed by atoms with E-state index in [1.54, 1.807) is 0 Å². The zero-order valence-corrected chi connectivity index (χ0v) is 35.4. The topological polar surface area (TPSA) is 42.5 Å². The lowest BCUT2D eigenvalue weighted by atomic mass is 9.96. The van der Waals surface area contributed by atoms with Gasteiger partial charge in [-0.05, 0) is 94.6 Å². The molecule has 0 atom stereocenters. The van der Waals surface area contributed by atoms with Crippen LogP contribution in [0.2, 0.25) is 33.2 Å². The molecule has 0 aromatic heterocycles. The van der Waals surface area contributed by atoms with Crippen molar-refractivity contribution in [2.45, 2.75) is 130 Å². The molecule has 50 heavy (non-hydrogen) atoms. The Balaban J connectivity index is 1.99. The highest BCUT2D eigenvalue weighted by molar-refractivity contribution is 6.78. The predicted octanol–water partition coefficient (Wildman–Crippen LogP) is 14.6. The molecule has 0 aliphatic heterocycles. The summed E-state index contributed by atoms with van der Waals surface area (Å²) in [5, 5.41) is 7.61. The highest BCUT2D eigenvalue weighted by atomic mass is 28.4. The Hall–Kier alpha value is -3.49. The van der Waals surface area contributed by atoms with Crippen molar-refractivity contribution < 1.29 is 8.85 Å².